The van der Waals surface area contributed by atoms with E-state index in [1.807, 2.05) is 6.07 Å². The van der Waals surface area contributed by atoms with Crippen molar-refractivity contribution in [1.29, 1.82) is 0 Å². The average Bonchev–Trinajstić information content (AvgIpc) is 3.05. The first kappa shape index (κ1) is 17.5. The predicted octanol–water partition coefficient (Wildman–Crippen LogP) is 4.43. The van der Waals surface area contributed by atoms with Gasteiger partial charge in [0, 0.05) is 37.3 Å². The van der Waals surface area contributed by atoms with E-state index in [0.29, 0.717) is 18.1 Å². The summed E-state index contributed by atoms with van der Waals surface area (Å²) in [7, 11) is 1.70. The fraction of sp³-hybridized carbons (Fsp3) is 0.286. The summed E-state index contributed by atoms with van der Waals surface area (Å²) >= 11 is 0. The third kappa shape index (κ3) is 3.80. The Labute approximate surface area is 157 Å². The normalized spacial score (nSPS) is 14.0. The number of fused-ring (bicyclic) bond motifs is 1. The van der Waals surface area contributed by atoms with Crippen LogP contribution in [-0.2, 0) is 19.5 Å². The molecule has 27 heavy (non-hydrogen) atoms. The van der Waals surface area contributed by atoms with Crippen molar-refractivity contribution in [3.8, 4) is 5.75 Å². The number of ether oxygens (including phenoxy) is 1. The van der Waals surface area contributed by atoms with Crippen LogP contribution in [0.5, 0.6) is 5.75 Å². The molecule has 4 rings (SSSR count). The minimum Gasteiger partial charge on any atom is -0.496 e. The first-order valence-electron chi connectivity index (χ1n) is 8.98. The van der Waals surface area contributed by atoms with Gasteiger partial charge in [-0.2, -0.15) is 0 Å². The summed E-state index contributed by atoms with van der Waals surface area (Å²) in [5.41, 5.74) is 4.01. The summed E-state index contributed by atoms with van der Waals surface area (Å²) in [6, 6.07) is 12.6. The molecule has 1 aromatic heterocycles. The van der Waals surface area contributed by atoms with Gasteiger partial charge in [0.25, 0.3) is 0 Å². The quantitative estimate of drug-likeness (QED) is 0.723. The van der Waals surface area contributed by atoms with E-state index in [2.05, 4.69) is 40.5 Å². The van der Waals surface area contributed by atoms with Crippen LogP contribution in [0.25, 0.3) is 0 Å². The molecule has 0 spiro atoms. The van der Waals surface area contributed by atoms with E-state index in [-0.39, 0.29) is 5.82 Å². The second-order valence-electron chi connectivity index (χ2n) is 6.84. The van der Waals surface area contributed by atoms with Gasteiger partial charge in [0.1, 0.15) is 17.3 Å². The van der Waals surface area contributed by atoms with Crippen molar-refractivity contribution in [3.63, 3.8) is 0 Å². The number of aromatic nitrogens is 1. The van der Waals surface area contributed by atoms with Crippen molar-refractivity contribution < 1.29 is 13.7 Å². The van der Waals surface area contributed by atoms with E-state index in [1.165, 1.54) is 17.7 Å². The molecular formula is C21H22FN3O2. The third-order valence-corrected chi connectivity index (χ3v) is 4.83. The second-order valence-corrected chi connectivity index (χ2v) is 6.84. The predicted molar refractivity (Wildman–Crippen MR) is 102 cm³/mol. The highest BCUT2D eigenvalue weighted by Crippen LogP contribution is 2.30. The average molecular weight is 367 g/mol. The van der Waals surface area contributed by atoms with E-state index in [0.717, 1.165) is 42.1 Å². The maximum Gasteiger partial charge on any atom is 0.178 e. The molecular weight excluding hydrogens is 345 g/mol. The summed E-state index contributed by atoms with van der Waals surface area (Å²) in [4.78, 5) is 2.34. The lowest BCUT2D eigenvalue weighted by atomic mass is 10.1. The molecule has 0 saturated carbocycles. The summed E-state index contributed by atoms with van der Waals surface area (Å²) in [6.45, 7) is 4.45. The van der Waals surface area contributed by atoms with Crippen LogP contribution in [0.15, 0.2) is 47.0 Å². The molecule has 0 amide bonds. The number of nitrogens with one attached hydrogen (secondary N) is 1. The van der Waals surface area contributed by atoms with Crippen LogP contribution < -0.4 is 10.1 Å². The maximum absolute atomic E-state index is 13.4. The van der Waals surface area contributed by atoms with E-state index >= 15 is 0 Å². The topological polar surface area (TPSA) is 50.5 Å². The number of rotatable bonds is 5. The second kappa shape index (κ2) is 7.40. The van der Waals surface area contributed by atoms with Gasteiger partial charge in [0.05, 0.1) is 12.7 Å². The van der Waals surface area contributed by atoms with Crippen molar-refractivity contribution >= 4 is 11.5 Å². The lowest BCUT2D eigenvalue weighted by Gasteiger charge is -2.26. The molecule has 1 aliphatic heterocycles. The lowest BCUT2D eigenvalue weighted by molar-refractivity contribution is 0.226. The number of anilines is 2. The van der Waals surface area contributed by atoms with Crippen LogP contribution in [0, 0.1) is 12.7 Å². The van der Waals surface area contributed by atoms with Crippen molar-refractivity contribution in [3.05, 3.63) is 70.7 Å². The number of methoxy groups -OCH3 is 1. The van der Waals surface area contributed by atoms with E-state index in [4.69, 9.17) is 9.26 Å². The molecule has 6 heteroatoms. The van der Waals surface area contributed by atoms with Gasteiger partial charge >= 0.3 is 0 Å². The Hall–Kier alpha value is -2.86. The summed E-state index contributed by atoms with van der Waals surface area (Å²) in [6.07, 6.45) is 0.793. The molecule has 5 nitrogen and oxygen atoms in total. The molecule has 0 radical (unpaired) electrons. The Balaban J connectivity index is 1.52. The monoisotopic (exact) mass is 367 g/mol. The van der Waals surface area contributed by atoms with Crippen LogP contribution in [0.2, 0.25) is 0 Å². The molecule has 0 saturated heterocycles. The Bertz CT molecular complexity index is 954. The van der Waals surface area contributed by atoms with Crippen molar-refractivity contribution in [2.75, 3.05) is 19.0 Å². The molecule has 0 aliphatic carbocycles. The number of hydrogen-bond acceptors (Lipinski definition) is 5. The SMILES string of the molecule is COc1cc(C)ccc1CN1CCc2onc(Nc3cccc(F)c3)c2C1. The number of benzene rings is 2. The first-order valence-corrected chi connectivity index (χ1v) is 8.98. The molecule has 1 N–H and O–H groups in total. The lowest BCUT2D eigenvalue weighted by Crippen LogP contribution is -2.29. The molecule has 3 aromatic rings. The first-order chi connectivity index (χ1) is 13.1. The molecule has 0 fully saturated rings. The van der Waals surface area contributed by atoms with Crippen molar-refractivity contribution in [2.24, 2.45) is 0 Å². The van der Waals surface area contributed by atoms with E-state index in [9.17, 15) is 4.39 Å². The van der Waals surface area contributed by atoms with E-state index in [1.54, 1.807) is 13.2 Å². The van der Waals surface area contributed by atoms with Gasteiger partial charge in [-0.1, -0.05) is 23.4 Å². The smallest absolute Gasteiger partial charge is 0.178 e. The van der Waals surface area contributed by atoms with Gasteiger partial charge in [-0.15, -0.1) is 0 Å². The van der Waals surface area contributed by atoms with Crippen LogP contribution >= 0.6 is 0 Å². The molecule has 0 unspecified atom stereocenters. The third-order valence-electron chi connectivity index (χ3n) is 4.83. The van der Waals surface area contributed by atoms with Gasteiger partial charge in [-0.25, -0.2) is 4.39 Å². The van der Waals surface area contributed by atoms with Crippen LogP contribution in [0.1, 0.15) is 22.5 Å². The zero-order chi connectivity index (χ0) is 18.8. The number of nitrogens with zero attached hydrogens (tertiary/aromatic N) is 2. The minimum atomic E-state index is -0.287. The molecule has 1 aliphatic rings. The zero-order valence-corrected chi connectivity index (χ0v) is 15.5. The number of halogens is 1. The fourth-order valence-electron chi connectivity index (χ4n) is 3.42. The van der Waals surface area contributed by atoms with Gasteiger partial charge in [0.15, 0.2) is 5.82 Å². The Kier molecular flexibility index (Phi) is 4.81. The zero-order valence-electron chi connectivity index (χ0n) is 15.5. The summed E-state index contributed by atoms with van der Waals surface area (Å²) in [5.74, 6) is 2.16. The van der Waals surface area contributed by atoms with Gasteiger partial charge < -0.3 is 14.6 Å². The maximum atomic E-state index is 13.4. The number of aryl methyl sites for hydroxylation is 1. The fourth-order valence-corrected chi connectivity index (χ4v) is 3.42. The summed E-state index contributed by atoms with van der Waals surface area (Å²) in [5, 5.41) is 7.32. The Morgan fingerprint density at radius 1 is 1.26 bits per heavy atom. The molecule has 2 aromatic carbocycles. The van der Waals surface area contributed by atoms with E-state index < -0.39 is 0 Å². The molecule has 0 bridgehead atoms. The van der Waals surface area contributed by atoms with Crippen LogP contribution in [-0.4, -0.2) is 23.7 Å². The Morgan fingerprint density at radius 3 is 2.96 bits per heavy atom. The molecule has 0 atom stereocenters. The Morgan fingerprint density at radius 2 is 2.15 bits per heavy atom. The summed E-state index contributed by atoms with van der Waals surface area (Å²) < 4.78 is 24.5. The molecule has 140 valence electrons. The standard InChI is InChI=1S/C21H22FN3O2/c1-14-6-7-15(20(10-14)26-2)12-25-9-8-19-18(13-25)21(24-27-19)23-17-5-3-4-16(22)11-17/h3-7,10-11H,8-9,12-13H2,1-2H3,(H,23,24). The van der Waals surface area contributed by atoms with Crippen molar-refractivity contribution in [2.45, 2.75) is 26.4 Å². The minimum absolute atomic E-state index is 0.287. The van der Waals surface area contributed by atoms with Gasteiger partial charge in [-0.3, -0.25) is 4.90 Å². The van der Waals surface area contributed by atoms with Gasteiger partial charge in [0.2, 0.25) is 0 Å². The van der Waals surface area contributed by atoms with Crippen molar-refractivity contribution in [1.82, 2.24) is 10.1 Å². The highest BCUT2D eigenvalue weighted by atomic mass is 19.1. The number of hydrogen-bond donors (Lipinski definition) is 1. The largest absolute Gasteiger partial charge is 0.496 e. The highest BCUT2D eigenvalue weighted by molar-refractivity contribution is 5.60. The highest BCUT2D eigenvalue weighted by Gasteiger charge is 2.25. The van der Waals surface area contributed by atoms with Crippen LogP contribution in [0.3, 0.4) is 0 Å². The van der Waals surface area contributed by atoms with Crippen LogP contribution in [0.4, 0.5) is 15.9 Å². The van der Waals surface area contributed by atoms with Gasteiger partial charge in [-0.05, 0) is 36.8 Å². The molecule has 2 heterocycles.